The fourth-order valence-electron chi connectivity index (χ4n) is 2.54. The van der Waals surface area contributed by atoms with Gasteiger partial charge < -0.3 is 4.57 Å². The highest BCUT2D eigenvalue weighted by atomic mass is 32.2. The quantitative estimate of drug-likeness (QED) is 0.616. The zero-order chi connectivity index (χ0) is 17.3. The van der Waals surface area contributed by atoms with Crippen LogP contribution in [0.4, 0.5) is 4.79 Å². The molecule has 1 aliphatic heterocycles. The predicted molar refractivity (Wildman–Crippen MR) is 98.1 cm³/mol. The maximum absolute atomic E-state index is 12.3. The Bertz CT molecular complexity index is 864. The molecular formula is C19H18N2O2S. The van der Waals surface area contributed by atoms with E-state index in [1.807, 2.05) is 29.0 Å². The summed E-state index contributed by atoms with van der Waals surface area (Å²) in [5, 5.41) is -0.254. The maximum atomic E-state index is 12.3. The highest BCUT2D eigenvalue weighted by Crippen LogP contribution is 2.32. The summed E-state index contributed by atoms with van der Waals surface area (Å²) in [7, 11) is 0. The molecule has 1 saturated heterocycles. The lowest BCUT2D eigenvalue weighted by Gasteiger charge is -2.10. The first kappa shape index (κ1) is 16.3. The van der Waals surface area contributed by atoms with Crippen molar-refractivity contribution in [2.75, 3.05) is 6.54 Å². The van der Waals surface area contributed by atoms with Gasteiger partial charge in [0, 0.05) is 24.1 Å². The van der Waals surface area contributed by atoms with Crippen LogP contribution in [0.1, 0.15) is 16.8 Å². The van der Waals surface area contributed by atoms with Gasteiger partial charge in [0.25, 0.3) is 11.1 Å². The van der Waals surface area contributed by atoms with Crippen molar-refractivity contribution in [3.8, 4) is 5.69 Å². The van der Waals surface area contributed by atoms with Crippen LogP contribution in [0.15, 0.2) is 54.1 Å². The van der Waals surface area contributed by atoms with E-state index in [9.17, 15) is 9.59 Å². The summed E-state index contributed by atoms with van der Waals surface area (Å²) in [5.41, 5.74) is 4.33. The van der Waals surface area contributed by atoms with Crippen molar-refractivity contribution >= 4 is 29.0 Å². The van der Waals surface area contributed by atoms with Gasteiger partial charge in [0.05, 0.1) is 4.91 Å². The Balaban J connectivity index is 1.96. The van der Waals surface area contributed by atoms with Gasteiger partial charge in [-0.2, -0.15) is 0 Å². The highest BCUT2D eigenvalue weighted by Gasteiger charge is 2.34. The third-order valence-corrected chi connectivity index (χ3v) is 4.92. The number of carbonyl (C=O) groups excluding carboxylic acids is 2. The molecule has 1 aromatic heterocycles. The molecule has 24 heavy (non-hydrogen) atoms. The number of nitrogens with zero attached hydrogens (tertiary/aromatic N) is 2. The third kappa shape index (κ3) is 2.95. The molecule has 1 aromatic carbocycles. The molecule has 0 spiro atoms. The van der Waals surface area contributed by atoms with Gasteiger partial charge in [-0.3, -0.25) is 14.5 Å². The van der Waals surface area contributed by atoms with Crippen molar-refractivity contribution in [2.45, 2.75) is 13.8 Å². The van der Waals surface area contributed by atoms with Gasteiger partial charge in [-0.05, 0) is 67.1 Å². The summed E-state index contributed by atoms with van der Waals surface area (Å²) < 4.78 is 2.01. The molecule has 1 aliphatic rings. The summed E-state index contributed by atoms with van der Waals surface area (Å²) in [4.78, 5) is 25.9. The monoisotopic (exact) mass is 338 g/mol. The topological polar surface area (TPSA) is 42.3 Å². The Labute approximate surface area is 145 Å². The molecule has 0 radical (unpaired) electrons. The third-order valence-electron chi connectivity index (χ3n) is 4.01. The molecule has 0 bridgehead atoms. The van der Waals surface area contributed by atoms with E-state index in [-0.39, 0.29) is 17.7 Å². The van der Waals surface area contributed by atoms with Crippen molar-refractivity contribution in [2.24, 2.45) is 0 Å². The van der Waals surface area contributed by atoms with Crippen LogP contribution < -0.4 is 0 Å². The Morgan fingerprint density at radius 2 is 1.96 bits per heavy atom. The number of amides is 2. The SMILES string of the molecule is C=CCN1C(=O)S/C(=C/c2cccn2-c2ccc(C)c(C)c2)C1=O. The molecule has 5 heteroatoms. The molecule has 2 aromatic rings. The number of imide groups is 1. The predicted octanol–water partition coefficient (Wildman–Crippen LogP) is 4.32. The lowest BCUT2D eigenvalue weighted by Crippen LogP contribution is -2.27. The fourth-order valence-corrected chi connectivity index (χ4v) is 3.38. The average Bonchev–Trinajstić information content (AvgIpc) is 3.11. The van der Waals surface area contributed by atoms with Gasteiger partial charge in [-0.25, -0.2) is 0 Å². The molecular weight excluding hydrogens is 320 g/mol. The van der Waals surface area contributed by atoms with Crippen molar-refractivity contribution in [3.05, 3.63) is 70.9 Å². The summed E-state index contributed by atoms with van der Waals surface area (Å²) in [6, 6.07) is 10.1. The van der Waals surface area contributed by atoms with Crippen LogP contribution in [0.25, 0.3) is 11.8 Å². The van der Waals surface area contributed by atoms with E-state index in [2.05, 4.69) is 32.6 Å². The van der Waals surface area contributed by atoms with E-state index in [4.69, 9.17) is 0 Å². The van der Waals surface area contributed by atoms with E-state index in [1.54, 1.807) is 12.2 Å². The Kier molecular flexibility index (Phi) is 4.44. The number of aryl methyl sites for hydroxylation is 2. The van der Waals surface area contributed by atoms with Crippen LogP contribution in [-0.4, -0.2) is 27.2 Å². The van der Waals surface area contributed by atoms with Crippen molar-refractivity contribution in [3.63, 3.8) is 0 Å². The number of rotatable bonds is 4. The molecule has 4 nitrogen and oxygen atoms in total. The van der Waals surface area contributed by atoms with E-state index < -0.39 is 0 Å². The number of thioether (sulfide) groups is 1. The largest absolute Gasteiger partial charge is 0.317 e. The average molecular weight is 338 g/mol. The van der Waals surface area contributed by atoms with Crippen molar-refractivity contribution in [1.82, 2.24) is 9.47 Å². The molecule has 0 saturated carbocycles. The van der Waals surface area contributed by atoms with Crippen LogP contribution in [0.2, 0.25) is 0 Å². The molecule has 0 N–H and O–H groups in total. The lowest BCUT2D eigenvalue weighted by atomic mass is 10.1. The molecule has 0 aliphatic carbocycles. The van der Waals surface area contributed by atoms with Crippen LogP contribution in [0.3, 0.4) is 0 Å². The second-order valence-electron chi connectivity index (χ2n) is 5.65. The number of hydrogen-bond donors (Lipinski definition) is 0. The summed E-state index contributed by atoms with van der Waals surface area (Å²) >= 11 is 0.967. The molecule has 3 rings (SSSR count). The minimum Gasteiger partial charge on any atom is -0.317 e. The van der Waals surface area contributed by atoms with Crippen molar-refractivity contribution in [1.29, 1.82) is 0 Å². The van der Waals surface area contributed by atoms with E-state index >= 15 is 0 Å². The number of carbonyl (C=O) groups is 2. The number of benzene rings is 1. The van der Waals surface area contributed by atoms with E-state index in [1.165, 1.54) is 16.0 Å². The van der Waals surface area contributed by atoms with Gasteiger partial charge in [-0.1, -0.05) is 12.1 Å². The van der Waals surface area contributed by atoms with Gasteiger partial charge in [0.15, 0.2) is 0 Å². The summed E-state index contributed by atoms with van der Waals surface area (Å²) in [5.74, 6) is -0.266. The standard InChI is InChI=1S/C19H18N2O2S/c1-4-9-21-18(22)17(24-19(21)23)12-15-6-5-10-20(15)16-8-7-13(2)14(3)11-16/h4-8,10-12H,1,9H2,2-3H3/b17-12+. The zero-order valence-electron chi connectivity index (χ0n) is 13.7. The first-order valence-electron chi connectivity index (χ1n) is 7.62. The van der Waals surface area contributed by atoms with Crippen LogP contribution in [0, 0.1) is 13.8 Å². The van der Waals surface area contributed by atoms with Gasteiger partial charge in [0.1, 0.15) is 0 Å². The Morgan fingerprint density at radius 1 is 1.17 bits per heavy atom. The normalized spacial score (nSPS) is 16.2. The molecule has 2 amide bonds. The Hall–Kier alpha value is -2.53. The second kappa shape index (κ2) is 6.53. The first-order valence-corrected chi connectivity index (χ1v) is 8.44. The zero-order valence-corrected chi connectivity index (χ0v) is 14.5. The van der Waals surface area contributed by atoms with Crippen LogP contribution in [-0.2, 0) is 4.79 Å². The van der Waals surface area contributed by atoms with E-state index in [0.29, 0.717) is 4.91 Å². The maximum Gasteiger partial charge on any atom is 0.293 e. The summed E-state index contributed by atoms with van der Waals surface area (Å²) in [6.45, 7) is 7.97. The lowest BCUT2D eigenvalue weighted by molar-refractivity contribution is -0.122. The number of aromatic nitrogens is 1. The second-order valence-corrected chi connectivity index (χ2v) is 6.65. The van der Waals surface area contributed by atoms with Crippen LogP contribution >= 0.6 is 11.8 Å². The minimum absolute atomic E-state index is 0.236. The minimum atomic E-state index is -0.266. The molecule has 122 valence electrons. The first-order chi connectivity index (χ1) is 11.5. The van der Waals surface area contributed by atoms with Crippen molar-refractivity contribution < 1.29 is 9.59 Å². The number of hydrogen-bond acceptors (Lipinski definition) is 3. The van der Waals surface area contributed by atoms with Gasteiger partial charge >= 0.3 is 0 Å². The highest BCUT2D eigenvalue weighted by molar-refractivity contribution is 8.18. The molecule has 2 heterocycles. The Morgan fingerprint density at radius 3 is 2.67 bits per heavy atom. The smallest absolute Gasteiger partial charge is 0.293 e. The molecule has 0 atom stereocenters. The molecule has 1 fully saturated rings. The molecule has 0 unspecified atom stereocenters. The van der Waals surface area contributed by atoms with Gasteiger partial charge in [0.2, 0.25) is 0 Å². The van der Waals surface area contributed by atoms with Gasteiger partial charge in [-0.15, -0.1) is 6.58 Å². The summed E-state index contributed by atoms with van der Waals surface area (Å²) in [6.07, 6.45) is 5.27. The fraction of sp³-hybridized carbons (Fsp3) is 0.158. The van der Waals surface area contributed by atoms with Crippen LogP contribution in [0.5, 0.6) is 0 Å². The van der Waals surface area contributed by atoms with E-state index in [0.717, 1.165) is 23.1 Å².